The fourth-order valence-electron chi connectivity index (χ4n) is 2.10. The molecule has 1 unspecified atom stereocenters. The summed E-state index contributed by atoms with van der Waals surface area (Å²) in [5.41, 5.74) is 1.88. The lowest BCUT2D eigenvalue weighted by atomic mass is 10.1. The molecule has 110 valence electrons. The van der Waals surface area contributed by atoms with E-state index >= 15 is 0 Å². The Morgan fingerprint density at radius 2 is 2.10 bits per heavy atom. The number of rotatable bonds is 6. The van der Waals surface area contributed by atoms with Crippen LogP contribution in [-0.4, -0.2) is 16.3 Å². The minimum Gasteiger partial charge on any atom is -0.305 e. The van der Waals surface area contributed by atoms with Crippen LogP contribution >= 0.6 is 46.1 Å². The lowest BCUT2D eigenvalue weighted by molar-refractivity contribution is 0.531. The average Bonchev–Trinajstić information content (AvgIpc) is 2.94. The first-order valence-electron chi connectivity index (χ1n) is 6.47. The fraction of sp³-hybridized carbons (Fsp3) is 0.462. The molecule has 0 aromatic carbocycles. The number of nitrogens with zero attached hydrogens (tertiary/aromatic N) is 2. The van der Waals surface area contributed by atoms with Crippen LogP contribution in [0.5, 0.6) is 0 Å². The van der Waals surface area contributed by atoms with Crippen molar-refractivity contribution in [3.05, 3.63) is 37.2 Å². The smallest absolute Gasteiger partial charge is 0.0996 e. The number of aryl methyl sites for hydroxylation is 1. The minimum atomic E-state index is -0.0962. The molecular weight excluding hydrogens is 337 g/mol. The van der Waals surface area contributed by atoms with Crippen molar-refractivity contribution < 1.29 is 0 Å². The van der Waals surface area contributed by atoms with Crippen LogP contribution in [0.4, 0.5) is 0 Å². The zero-order valence-corrected chi connectivity index (χ0v) is 14.4. The van der Waals surface area contributed by atoms with Gasteiger partial charge in [0.15, 0.2) is 0 Å². The van der Waals surface area contributed by atoms with E-state index in [1.807, 2.05) is 17.7 Å². The summed E-state index contributed by atoms with van der Waals surface area (Å²) in [4.78, 5) is 0. The first-order valence-corrected chi connectivity index (χ1v) is 8.42. The standard InChI is InChI=1S/C13H16Cl3N3S/c1-3-5-17-11(8-6-10(15)20-13(8)16)12-9(14)7-18-19(12)4-2/h6-7,11,17H,3-5H2,1-2H3. The highest BCUT2D eigenvalue weighted by Gasteiger charge is 2.24. The van der Waals surface area contributed by atoms with E-state index in [1.165, 1.54) is 11.3 Å². The van der Waals surface area contributed by atoms with Gasteiger partial charge in [0.1, 0.15) is 0 Å². The molecule has 0 amide bonds. The molecule has 0 spiro atoms. The summed E-state index contributed by atoms with van der Waals surface area (Å²) in [6.45, 7) is 5.76. The maximum Gasteiger partial charge on any atom is 0.0996 e. The second kappa shape index (κ2) is 7.14. The normalized spacial score (nSPS) is 12.8. The van der Waals surface area contributed by atoms with Crippen molar-refractivity contribution in [3.63, 3.8) is 0 Å². The monoisotopic (exact) mass is 351 g/mol. The predicted octanol–water partition coefficient (Wildman–Crippen LogP) is 5.01. The van der Waals surface area contributed by atoms with E-state index in [0.29, 0.717) is 13.7 Å². The van der Waals surface area contributed by atoms with Gasteiger partial charge in [0.25, 0.3) is 0 Å². The molecule has 0 fully saturated rings. The number of hydrogen-bond acceptors (Lipinski definition) is 3. The van der Waals surface area contributed by atoms with E-state index in [0.717, 1.165) is 30.8 Å². The molecular formula is C13H16Cl3N3S. The molecule has 7 heteroatoms. The van der Waals surface area contributed by atoms with Crippen LogP contribution in [0.15, 0.2) is 12.3 Å². The maximum atomic E-state index is 6.31. The fourth-order valence-corrected chi connectivity index (χ4v) is 3.89. The van der Waals surface area contributed by atoms with Gasteiger partial charge in [-0.25, -0.2) is 0 Å². The Labute approximate surface area is 137 Å². The lowest BCUT2D eigenvalue weighted by Gasteiger charge is -2.20. The summed E-state index contributed by atoms with van der Waals surface area (Å²) in [7, 11) is 0. The largest absolute Gasteiger partial charge is 0.305 e. The van der Waals surface area contributed by atoms with Crippen LogP contribution in [-0.2, 0) is 6.54 Å². The minimum absolute atomic E-state index is 0.0962. The molecule has 3 nitrogen and oxygen atoms in total. The third-order valence-corrected chi connectivity index (χ3v) is 4.81. The first-order chi connectivity index (χ1) is 9.58. The molecule has 0 bridgehead atoms. The Bertz CT molecular complexity index is 579. The summed E-state index contributed by atoms with van der Waals surface area (Å²) >= 11 is 20.1. The number of hydrogen-bond donors (Lipinski definition) is 1. The van der Waals surface area contributed by atoms with E-state index in [9.17, 15) is 0 Å². The molecule has 2 heterocycles. The van der Waals surface area contributed by atoms with Crippen molar-refractivity contribution in [1.82, 2.24) is 15.1 Å². The highest BCUT2D eigenvalue weighted by molar-refractivity contribution is 7.20. The quantitative estimate of drug-likeness (QED) is 0.791. The van der Waals surface area contributed by atoms with Gasteiger partial charge in [0, 0.05) is 12.1 Å². The van der Waals surface area contributed by atoms with Crippen LogP contribution in [0.1, 0.15) is 37.6 Å². The molecule has 2 aromatic rings. The van der Waals surface area contributed by atoms with E-state index in [4.69, 9.17) is 34.8 Å². The molecule has 0 aliphatic heterocycles. The van der Waals surface area contributed by atoms with Crippen molar-refractivity contribution in [2.45, 2.75) is 32.9 Å². The van der Waals surface area contributed by atoms with Crippen molar-refractivity contribution >= 4 is 46.1 Å². The second-order valence-electron chi connectivity index (χ2n) is 4.36. The zero-order valence-electron chi connectivity index (χ0n) is 11.3. The topological polar surface area (TPSA) is 29.9 Å². The zero-order chi connectivity index (χ0) is 14.7. The summed E-state index contributed by atoms with van der Waals surface area (Å²) in [6, 6.07) is 1.80. The average molecular weight is 353 g/mol. The van der Waals surface area contributed by atoms with Gasteiger partial charge in [-0.05, 0) is 26.0 Å². The highest BCUT2D eigenvalue weighted by Crippen LogP contribution is 2.39. The van der Waals surface area contributed by atoms with Crippen LogP contribution in [0.2, 0.25) is 13.7 Å². The SMILES string of the molecule is CCCNC(c1cc(Cl)sc1Cl)c1c(Cl)cnn1CC. The van der Waals surface area contributed by atoms with E-state index in [2.05, 4.69) is 17.3 Å². The molecule has 1 N–H and O–H groups in total. The van der Waals surface area contributed by atoms with Gasteiger partial charge in [0.2, 0.25) is 0 Å². The number of aromatic nitrogens is 2. The summed E-state index contributed by atoms with van der Waals surface area (Å²) < 4.78 is 3.24. The Kier molecular flexibility index (Phi) is 5.75. The number of halogens is 3. The Morgan fingerprint density at radius 3 is 2.65 bits per heavy atom. The molecule has 2 aromatic heterocycles. The Morgan fingerprint density at radius 1 is 1.35 bits per heavy atom. The van der Waals surface area contributed by atoms with Gasteiger partial charge in [0.05, 0.1) is 31.6 Å². The van der Waals surface area contributed by atoms with Gasteiger partial charge in [-0.3, -0.25) is 4.68 Å². The van der Waals surface area contributed by atoms with Gasteiger partial charge in [-0.15, -0.1) is 11.3 Å². The van der Waals surface area contributed by atoms with Crippen LogP contribution in [0.25, 0.3) is 0 Å². The van der Waals surface area contributed by atoms with Gasteiger partial charge >= 0.3 is 0 Å². The second-order valence-corrected chi connectivity index (χ2v) is 7.05. The van der Waals surface area contributed by atoms with Crippen molar-refractivity contribution in [2.24, 2.45) is 0 Å². The molecule has 2 rings (SSSR count). The van der Waals surface area contributed by atoms with Crippen LogP contribution in [0.3, 0.4) is 0 Å². The van der Waals surface area contributed by atoms with Gasteiger partial charge in [-0.2, -0.15) is 5.10 Å². The lowest BCUT2D eigenvalue weighted by Crippen LogP contribution is -2.26. The van der Waals surface area contributed by atoms with Crippen LogP contribution in [0, 0.1) is 0 Å². The number of thiophene rings is 1. The molecule has 0 saturated heterocycles. The maximum absolute atomic E-state index is 6.31. The Hall–Kier alpha value is -0.260. The molecule has 0 saturated carbocycles. The molecule has 1 atom stereocenters. The van der Waals surface area contributed by atoms with Crippen molar-refractivity contribution in [1.29, 1.82) is 0 Å². The van der Waals surface area contributed by atoms with Crippen LogP contribution < -0.4 is 5.32 Å². The number of nitrogens with one attached hydrogen (secondary N) is 1. The van der Waals surface area contributed by atoms with E-state index in [-0.39, 0.29) is 6.04 Å². The van der Waals surface area contributed by atoms with Crippen molar-refractivity contribution in [3.8, 4) is 0 Å². The first kappa shape index (κ1) is 16.1. The Balaban J connectivity index is 2.46. The predicted molar refractivity (Wildman–Crippen MR) is 87.4 cm³/mol. The molecule has 0 aliphatic rings. The van der Waals surface area contributed by atoms with Gasteiger partial charge in [-0.1, -0.05) is 41.7 Å². The molecule has 0 radical (unpaired) electrons. The van der Waals surface area contributed by atoms with Gasteiger partial charge < -0.3 is 5.32 Å². The van der Waals surface area contributed by atoms with E-state index < -0.39 is 0 Å². The third-order valence-electron chi connectivity index (χ3n) is 3.00. The third kappa shape index (κ3) is 3.31. The molecule has 0 aliphatic carbocycles. The van der Waals surface area contributed by atoms with Crippen molar-refractivity contribution in [2.75, 3.05) is 6.54 Å². The molecule has 20 heavy (non-hydrogen) atoms. The summed E-state index contributed by atoms with van der Waals surface area (Å²) in [6.07, 6.45) is 2.69. The highest BCUT2D eigenvalue weighted by atomic mass is 35.5. The summed E-state index contributed by atoms with van der Waals surface area (Å²) in [5.74, 6) is 0. The summed E-state index contributed by atoms with van der Waals surface area (Å²) in [5, 5.41) is 8.41. The van der Waals surface area contributed by atoms with E-state index in [1.54, 1.807) is 6.20 Å².